The number of nitrogens with zero attached hydrogens (tertiary/aromatic N) is 1. The minimum atomic E-state index is 0.642. The van der Waals surface area contributed by atoms with Crippen LogP contribution in [-0.2, 0) is 0 Å². The van der Waals surface area contributed by atoms with Gasteiger partial charge in [-0.1, -0.05) is 13.0 Å². The first-order valence-electron chi connectivity index (χ1n) is 5.45. The van der Waals surface area contributed by atoms with E-state index in [9.17, 15) is 0 Å². The van der Waals surface area contributed by atoms with Gasteiger partial charge in [0.1, 0.15) is 0 Å². The molecule has 0 radical (unpaired) electrons. The van der Waals surface area contributed by atoms with Crippen LogP contribution in [-0.4, -0.2) is 12.8 Å². The summed E-state index contributed by atoms with van der Waals surface area (Å²) in [6.45, 7) is 5.49. The molecule has 0 bridgehead atoms. The zero-order chi connectivity index (χ0) is 9.97. The van der Waals surface area contributed by atoms with Gasteiger partial charge in [-0.3, -0.25) is 4.99 Å². The number of nitrogens with one attached hydrogen (secondary N) is 1. The van der Waals surface area contributed by atoms with Crippen LogP contribution in [0.5, 0.6) is 0 Å². The van der Waals surface area contributed by atoms with Gasteiger partial charge < -0.3 is 5.32 Å². The third-order valence-corrected chi connectivity index (χ3v) is 2.83. The molecular formula is C12H18N2. The standard InChI is InChI=1S/C12H18N2/c1-9-7-11(14-8-9)12-10(2)5-3-4-6-13-12/h6-7,9,14H,3-5,8H2,1-2H3. The normalized spacial score (nSPS) is 27.3. The van der Waals surface area contributed by atoms with Gasteiger partial charge in [-0.05, 0) is 37.7 Å². The first-order chi connectivity index (χ1) is 6.77. The molecule has 0 aromatic rings. The molecule has 2 aliphatic heterocycles. The quantitative estimate of drug-likeness (QED) is 0.675. The Morgan fingerprint density at radius 2 is 2.36 bits per heavy atom. The summed E-state index contributed by atoms with van der Waals surface area (Å²) in [5, 5.41) is 3.42. The van der Waals surface area contributed by atoms with Crippen LogP contribution in [0, 0.1) is 5.92 Å². The summed E-state index contributed by atoms with van der Waals surface area (Å²) in [6.07, 6.45) is 7.88. The van der Waals surface area contributed by atoms with Crippen LogP contribution in [0.2, 0.25) is 0 Å². The van der Waals surface area contributed by atoms with Gasteiger partial charge in [0, 0.05) is 12.8 Å². The van der Waals surface area contributed by atoms with Crippen molar-refractivity contribution in [3.8, 4) is 0 Å². The lowest BCUT2D eigenvalue weighted by Gasteiger charge is -2.07. The van der Waals surface area contributed by atoms with Crippen LogP contribution in [0.25, 0.3) is 0 Å². The summed E-state index contributed by atoms with van der Waals surface area (Å²) in [5.41, 5.74) is 3.85. The lowest BCUT2D eigenvalue weighted by molar-refractivity contribution is 0.715. The van der Waals surface area contributed by atoms with E-state index in [1.807, 2.05) is 0 Å². The Kier molecular flexibility index (Phi) is 2.71. The minimum absolute atomic E-state index is 0.642. The molecule has 0 spiro atoms. The highest BCUT2D eigenvalue weighted by molar-refractivity contribution is 5.61. The van der Waals surface area contributed by atoms with E-state index in [0.29, 0.717) is 5.92 Å². The van der Waals surface area contributed by atoms with E-state index in [1.165, 1.54) is 29.8 Å². The van der Waals surface area contributed by atoms with Crippen LogP contribution in [0.1, 0.15) is 33.1 Å². The average Bonchev–Trinajstić information content (AvgIpc) is 2.46. The number of aliphatic imine (C=N–C) groups is 1. The van der Waals surface area contributed by atoms with Gasteiger partial charge in [0.25, 0.3) is 0 Å². The van der Waals surface area contributed by atoms with E-state index >= 15 is 0 Å². The van der Waals surface area contributed by atoms with E-state index in [1.54, 1.807) is 0 Å². The van der Waals surface area contributed by atoms with E-state index < -0.39 is 0 Å². The Labute approximate surface area is 85.8 Å². The molecule has 76 valence electrons. The zero-order valence-corrected chi connectivity index (χ0v) is 9.01. The average molecular weight is 190 g/mol. The number of rotatable bonds is 1. The molecule has 1 N–H and O–H groups in total. The summed E-state index contributed by atoms with van der Waals surface area (Å²) in [6, 6.07) is 0. The fraction of sp³-hybridized carbons (Fsp3) is 0.583. The molecule has 2 heterocycles. The van der Waals surface area contributed by atoms with Gasteiger partial charge in [0.15, 0.2) is 0 Å². The van der Waals surface area contributed by atoms with Crippen molar-refractivity contribution in [1.82, 2.24) is 5.32 Å². The van der Waals surface area contributed by atoms with Crippen LogP contribution in [0.4, 0.5) is 0 Å². The maximum atomic E-state index is 4.54. The summed E-state index contributed by atoms with van der Waals surface area (Å²) in [7, 11) is 0. The fourth-order valence-corrected chi connectivity index (χ4v) is 1.98. The smallest absolute Gasteiger partial charge is 0.0843 e. The highest BCUT2D eigenvalue weighted by atomic mass is 15.0. The van der Waals surface area contributed by atoms with Gasteiger partial charge in [0.2, 0.25) is 0 Å². The summed E-state index contributed by atoms with van der Waals surface area (Å²) in [4.78, 5) is 4.54. The fourth-order valence-electron chi connectivity index (χ4n) is 1.98. The van der Waals surface area contributed by atoms with Crippen LogP contribution in [0.3, 0.4) is 0 Å². The second-order valence-electron chi connectivity index (χ2n) is 4.27. The van der Waals surface area contributed by atoms with E-state index in [-0.39, 0.29) is 0 Å². The molecular weight excluding hydrogens is 172 g/mol. The van der Waals surface area contributed by atoms with Crippen molar-refractivity contribution in [3.63, 3.8) is 0 Å². The molecule has 0 aliphatic carbocycles. The Morgan fingerprint density at radius 3 is 3.07 bits per heavy atom. The molecule has 0 aromatic heterocycles. The Bertz CT molecular complexity index is 310. The lowest BCUT2D eigenvalue weighted by Crippen LogP contribution is -2.12. The second kappa shape index (κ2) is 3.99. The molecule has 0 aromatic carbocycles. The van der Waals surface area contributed by atoms with Gasteiger partial charge in [-0.25, -0.2) is 0 Å². The maximum absolute atomic E-state index is 4.54. The van der Waals surface area contributed by atoms with Crippen molar-refractivity contribution in [2.45, 2.75) is 33.1 Å². The van der Waals surface area contributed by atoms with Crippen molar-refractivity contribution in [2.75, 3.05) is 6.54 Å². The third kappa shape index (κ3) is 1.89. The first-order valence-corrected chi connectivity index (χ1v) is 5.45. The molecule has 1 atom stereocenters. The van der Waals surface area contributed by atoms with Crippen LogP contribution >= 0.6 is 0 Å². The molecule has 0 fully saturated rings. The summed E-state index contributed by atoms with van der Waals surface area (Å²) in [5.74, 6) is 0.642. The molecule has 1 unspecified atom stereocenters. The molecule has 0 saturated heterocycles. The summed E-state index contributed by atoms with van der Waals surface area (Å²) >= 11 is 0. The van der Waals surface area contributed by atoms with Gasteiger partial charge in [-0.2, -0.15) is 0 Å². The first kappa shape index (κ1) is 9.50. The van der Waals surface area contributed by atoms with Crippen molar-refractivity contribution in [3.05, 3.63) is 23.0 Å². The predicted octanol–water partition coefficient (Wildman–Crippen LogP) is 2.64. The molecule has 2 nitrogen and oxygen atoms in total. The van der Waals surface area contributed by atoms with Crippen LogP contribution < -0.4 is 5.32 Å². The largest absolute Gasteiger partial charge is 0.383 e. The molecule has 2 rings (SSSR count). The van der Waals surface area contributed by atoms with E-state index in [0.717, 1.165) is 13.0 Å². The zero-order valence-electron chi connectivity index (χ0n) is 9.01. The lowest BCUT2D eigenvalue weighted by atomic mass is 10.1. The maximum Gasteiger partial charge on any atom is 0.0843 e. The number of allylic oxidation sites excluding steroid dienone is 1. The van der Waals surface area contributed by atoms with Crippen molar-refractivity contribution >= 4 is 6.21 Å². The SMILES string of the molecule is CC1=C(C2=CC(C)CN2)N=CCCC1. The second-order valence-corrected chi connectivity index (χ2v) is 4.27. The monoisotopic (exact) mass is 190 g/mol. The van der Waals surface area contributed by atoms with Gasteiger partial charge >= 0.3 is 0 Å². The van der Waals surface area contributed by atoms with Crippen molar-refractivity contribution in [1.29, 1.82) is 0 Å². The van der Waals surface area contributed by atoms with E-state index in [4.69, 9.17) is 0 Å². The van der Waals surface area contributed by atoms with Crippen molar-refractivity contribution < 1.29 is 0 Å². The highest BCUT2D eigenvalue weighted by Crippen LogP contribution is 2.24. The molecule has 2 heteroatoms. The topological polar surface area (TPSA) is 24.4 Å². The Morgan fingerprint density at radius 1 is 1.50 bits per heavy atom. The minimum Gasteiger partial charge on any atom is -0.383 e. The molecule has 0 saturated carbocycles. The Hall–Kier alpha value is -1.05. The van der Waals surface area contributed by atoms with Gasteiger partial charge in [-0.15, -0.1) is 0 Å². The molecule has 2 aliphatic rings. The molecule has 14 heavy (non-hydrogen) atoms. The number of hydrogen-bond donors (Lipinski definition) is 1. The molecule has 0 amide bonds. The van der Waals surface area contributed by atoms with Gasteiger partial charge in [0.05, 0.1) is 11.4 Å². The summed E-state index contributed by atoms with van der Waals surface area (Å²) < 4.78 is 0. The van der Waals surface area contributed by atoms with Crippen LogP contribution in [0.15, 0.2) is 28.0 Å². The highest BCUT2D eigenvalue weighted by Gasteiger charge is 2.16. The Balaban J connectivity index is 2.26. The third-order valence-electron chi connectivity index (χ3n) is 2.83. The van der Waals surface area contributed by atoms with Crippen molar-refractivity contribution in [2.24, 2.45) is 10.9 Å². The predicted molar refractivity (Wildman–Crippen MR) is 60.3 cm³/mol. The van der Waals surface area contributed by atoms with E-state index in [2.05, 4.69) is 36.4 Å². The number of hydrogen-bond acceptors (Lipinski definition) is 2.